The van der Waals surface area contributed by atoms with Crippen LogP contribution >= 0.6 is 0 Å². The number of aromatic nitrogens is 2. The molecule has 0 spiro atoms. The zero-order valence-corrected chi connectivity index (χ0v) is 13.9. The lowest BCUT2D eigenvalue weighted by Gasteiger charge is -2.08. The third-order valence-electron chi connectivity index (χ3n) is 4.35. The fourth-order valence-corrected chi connectivity index (χ4v) is 2.95. The number of rotatable bonds is 7. The zero-order chi connectivity index (χ0) is 17.9. The van der Waals surface area contributed by atoms with E-state index in [-0.39, 0.29) is 6.61 Å². The molecule has 0 saturated heterocycles. The summed E-state index contributed by atoms with van der Waals surface area (Å²) in [6.45, 7) is 0.679. The molecule has 1 aromatic heterocycles. The molecule has 1 aliphatic carbocycles. The van der Waals surface area contributed by atoms with E-state index in [1.54, 1.807) is 0 Å². The van der Waals surface area contributed by atoms with Crippen molar-refractivity contribution in [1.82, 2.24) is 15.5 Å². The van der Waals surface area contributed by atoms with Gasteiger partial charge in [0, 0.05) is 18.0 Å². The average molecular weight is 357 g/mol. The van der Waals surface area contributed by atoms with Gasteiger partial charge in [0.05, 0.1) is 6.54 Å². The van der Waals surface area contributed by atoms with Crippen LogP contribution in [0.3, 0.4) is 0 Å². The van der Waals surface area contributed by atoms with E-state index in [4.69, 9.17) is 9.15 Å². The van der Waals surface area contributed by atoms with Crippen molar-refractivity contribution in [2.75, 3.05) is 0 Å². The molecule has 1 fully saturated rings. The van der Waals surface area contributed by atoms with Gasteiger partial charge in [0.15, 0.2) is 0 Å². The molecule has 2 atom stereocenters. The van der Waals surface area contributed by atoms with Gasteiger partial charge >= 0.3 is 0 Å². The monoisotopic (exact) mass is 357 g/mol. The highest BCUT2D eigenvalue weighted by atomic mass is 19.1. The van der Waals surface area contributed by atoms with Crippen LogP contribution in [0.2, 0.25) is 0 Å². The van der Waals surface area contributed by atoms with E-state index in [1.165, 1.54) is 24.1 Å². The summed E-state index contributed by atoms with van der Waals surface area (Å²) in [5.74, 6) is 0.477. The van der Waals surface area contributed by atoms with Crippen LogP contribution in [-0.4, -0.2) is 16.2 Å². The van der Waals surface area contributed by atoms with E-state index in [0.29, 0.717) is 35.7 Å². The van der Waals surface area contributed by atoms with Gasteiger partial charge in [-0.2, -0.15) is 0 Å². The van der Waals surface area contributed by atoms with Crippen molar-refractivity contribution in [1.29, 1.82) is 0 Å². The lowest BCUT2D eigenvalue weighted by molar-refractivity contribution is 0.304. The van der Waals surface area contributed by atoms with E-state index in [9.17, 15) is 8.78 Å². The second-order valence-electron chi connectivity index (χ2n) is 6.30. The fraction of sp³-hybridized carbons (Fsp3) is 0.263. The predicted molar refractivity (Wildman–Crippen MR) is 89.4 cm³/mol. The Morgan fingerprint density at radius 1 is 1.12 bits per heavy atom. The first kappa shape index (κ1) is 16.7. The number of ether oxygens (including phenoxy) is 1. The van der Waals surface area contributed by atoms with Gasteiger partial charge in [-0.25, -0.2) is 8.78 Å². The summed E-state index contributed by atoms with van der Waals surface area (Å²) in [6, 6.07) is 11.5. The minimum absolute atomic E-state index is 0.117. The van der Waals surface area contributed by atoms with Crippen LogP contribution in [0.1, 0.15) is 29.4 Å². The predicted octanol–water partition coefficient (Wildman–Crippen LogP) is 3.57. The molecule has 1 saturated carbocycles. The van der Waals surface area contributed by atoms with Crippen LogP contribution < -0.4 is 10.1 Å². The number of halogens is 2. The summed E-state index contributed by atoms with van der Waals surface area (Å²) in [4.78, 5) is 0. The van der Waals surface area contributed by atoms with Crippen LogP contribution in [0.15, 0.2) is 53.3 Å². The Balaban J connectivity index is 1.28. The maximum absolute atomic E-state index is 13.2. The largest absolute Gasteiger partial charge is 0.489 e. The molecule has 2 aromatic carbocycles. The molecule has 3 aromatic rings. The molecule has 4 rings (SSSR count). The summed E-state index contributed by atoms with van der Waals surface area (Å²) in [5, 5.41) is 10.9. The van der Waals surface area contributed by atoms with Gasteiger partial charge < -0.3 is 14.5 Å². The lowest BCUT2D eigenvalue weighted by atomic mass is 10.1. The van der Waals surface area contributed by atoms with Gasteiger partial charge in [-0.1, -0.05) is 12.1 Å². The van der Waals surface area contributed by atoms with E-state index in [0.717, 1.165) is 12.5 Å². The Hall–Kier alpha value is -2.80. The molecule has 0 unspecified atom stereocenters. The van der Waals surface area contributed by atoms with Crippen molar-refractivity contribution >= 4 is 0 Å². The first-order chi connectivity index (χ1) is 12.7. The normalized spacial score (nSPS) is 18.7. The summed E-state index contributed by atoms with van der Waals surface area (Å²) in [6.07, 6.45) is 2.37. The molecule has 0 amide bonds. The summed E-state index contributed by atoms with van der Waals surface area (Å²) in [5.41, 5.74) is 1.68. The maximum atomic E-state index is 13.2. The van der Waals surface area contributed by atoms with Crippen LogP contribution in [0, 0.1) is 11.6 Å². The smallest absolute Gasteiger partial charge is 0.229 e. The summed E-state index contributed by atoms with van der Waals surface area (Å²) >= 11 is 0. The van der Waals surface area contributed by atoms with Gasteiger partial charge in [-0.3, -0.25) is 0 Å². The minimum atomic E-state index is -0.605. The molecule has 0 bridgehead atoms. The van der Waals surface area contributed by atoms with Gasteiger partial charge in [0.1, 0.15) is 24.0 Å². The number of nitrogens with one attached hydrogen (secondary N) is 1. The molecule has 1 aliphatic rings. The Morgan fingerprint density at radius 2 is 1.88 bits per heavy atom. The highest BCUT2D eigenvalue weighted by Crippen LogP contribution is 2.41. The molecular weight excluding hydrogens is 340 g/mol. The third-order valence-corrected chi connectivity index (χ3v) is 4.35. The summed E-state index contributed by atoms with van der Waals surface area (Å²) in [7, 11) is 0. The Labute approximate surface area is 149 Å². The third kappa shape index (κ3) is 4.05. The van der Waals surface area contributed by atoms with Gasteiger partial charge in [-0.15, -0.1) is 10.2 Å². The van der Waals surface area contributed by atoms with E-state index in [1.807, 2.05) is 24.3 Å². The molecule has 7 heteroatoms. The number of nitrogens with zero attached hydrogens (tertiary/aromatic N) is 2. The molecular formula is C19H17F2N3O2. The van der Waals surface area contributed by atoms with Crippen LogP contribution in [0.4, 0.5) is 8.78 Å². The van der Waals surface area contributed by atoms with Crippen LogP contribution in [0.5, 0.6) is 5.75 Å². The van der Waals surface area contributed by atoms with Crippen molar-refractivity contribution in [3.63, 3.8) is 0 Å². The maximum Gasteiger partial charge on any atom is 0.229 e. The standard InChI is InChI=1S/C19H17F2N3O2/c20-14-5-12(6-15(21)7-14)10-25-16-3-1-13(2-4-16)17-8-18(17)22-9-19-24-23-11-26-19/h1-7,11,17-18,22H,8-10H2/t17-,18+/m0/s1. The average Bonchev–Trinajstić information content (AvgIpc) is 3.21. The molecule has 1 heterocycles. The van der Waals surface area contributed by atoms with Crippen molar-refractivity contribution in [2.24, 2.45) is 0 Å². The first-order valence-corrected chi connectivity index (χ1v) is 8.33. The van der Waals surface area contributed by atoms with E-state index >= 15 is 0 Å². The molecule has 134 valence electrons. The van der Waals surface area contributed by atoms with Crippen LogP contribution in [0.25, 0.3) is 0 Å². The van der Waals surface area contributed by atoms with Gasteiger partial charge in [0.2, 0.25) is 12.3 Å². The fourth-order valence-electron chi connectivity index (χ4n) is 2.95. The van der Waals surface area contributed by atoms with Gasteiger partial charge in [-0.05, 0) is 41.8 Å². The zero-order valence-electron chi connectivity index (χ0n) is 13.9. The highest BCUT2D eigenvalue weighted by molar-refractivity contribution is 5.34. The molecule has 0 radical (unpaired) electrons. The second-order valence-corrected chi connectivity index (χ2v) is 6.30. The van der Waals surface area contributed by atoms with E-state index < -0.39 is 11.6 Å². The van der Waals surface area contributed by atoms with Gasteiger partial charge in [0.25, 0.3) is 0 Å². The lowest BCUT2D eigenvalue weighted by Crippen LogP contribution is -2.17. The Kier molecular flexibility index (Phi) is 4.62. The number of benzene rings is 2. The summed E-state index contributed by atoms with van der Waals surface area (Å²) < 4.78 is 37.1. The van der Waals surface area contributed by atoms with E-state index in [2.05, 4.69) is 15.5 Å². The second kappa shape index (κ2) is 7.21. The molecule has 5 nitrogen and oxygen atoms in total. The molecule has 0 aliphatic heterocycles. The minimum Gasteiger partial charge on any atom is -0.489 e. The SMILES string of the molecule is Fc1cc(F)cc(COc2ccc([C@@H]3C[C@H]3NCc3nnco3)cc2)c1. The van der Waals surface area contributed by atoms with Crippen molar-refractivity contribution in [3.05, 3.63) is 77.5 Å². The number of hydrogen-bond donors (Lipinski definition) is 1. The quantitative estimate of drug-likeness (QED) is 0.700. The Morgan fingerprint density at radius 3 is 2.58 bits per heavy atom. The van der Waals surface area contributed by atoms with Crippen LogP contribution in [-0.2, 0) is 13.2 Å². The first-order valence-electron chi connectivity index (χ1n) is 8.33. The Bertz CT molecular complexity index is 849. The van der Waals surface area contributed by atoms with Crippen molar-refractivity contribution < 1.29 is 17.9 Å². The number of hydrogen-bond acceptors (Lipinski definition) is 5. The van der Waals surface area contributed by atoms with Crippen molar-refractivity contribution in [3.8, 4) is 5.75 Å². The van der Waals surface area contributed by atoms with Crippen molar-refractivity contribution in [2.45, 2.75) is 31.5 Å². The topological polar surface area (TPSA) is 60.2 Å². The highest BCUT2D eigenvalue weighted by Gasteiger charge is 2.38. The molecule has 26 heavy (non-hydrogen) atoms. The molecule has 1 N–H and O–H groups in total.